The highest BCUT2D eigenvalue weighted by atomic mass is 32.1. The maximum Gasteiger partial charge on any atom is 0.358 e. The summed E-state index contributed by atoms with van der Waals surface area (Å²) in [5, 5.41) is 0.687. The van der Waals surface area contributed by atoms with Crippen LogP contribution in [0.2, 0.25) is 0 Å². The number of anilines is 1. The van der Waals surface area contributed by atoms with Gasteiger partial charge in [-0.15, -0.1) is 0 Å². The van der Waals surface area contributed by atoms with Gasteiger partial charge in [-0.2, -0.15) is 0 Å². The van der Waals surface area contributed by atoms with E-state index in [1.54, 1.807) is 6.92 Å². The van der Waals surface area contributed by atoms with Crippen LogP contribution in [0.3, 0.4) is 0 Å². The minimum Gasteiger partial charge on any atom is -0.461 e. The quantitative estimate of drug-likeness (QED) is 0.571. The zero-order valence-corrected chi connectivity index (χ0v) is 13.5. The lowest BCUT2D eigenvalue weighted by Crippen LogP contribution is -2.30. The zero-order valence-electron chi connectivity index (χ0n) is 12.7. The monoisotopic (exact) mass is 298 g/mol. The van der Waals surface area contributed by atoms with Gasteiger partial charge in [0.2, 0.25) is 0 Å². The number of ketones is 1. The Hall–Kier alpha value is -1.43. The van der Waals surface area contributed by atoms with Crippen molar-refractivity contribution < 1.29 is 14.3 Å². The number of esters is 1. The molecule has 20 heavy (non-hydrogen) atoms. The standard InChI is InChI=1S/C14H22N2O3S/c1-6-10(7-2)16(5)14-15-11(13(18)19-8-3)12(20-14)9(4)17/h10H,6-8H2,1-5H3. The summed E-state index contributed by atoms with van der Waals surface area (Å²) in [7, 11) is 1.94. The fourth-order valence-electron chi connectivity index (χ4n) is 2.03. The molecule has 0 bridgehead atoms. The first-order valence-corrected chi connectivity index (χ1v) is 7.69. The van der Waals surface area contributed by atoms with Crippen LogP contribution in [0.5, 0.6) is 0 Å². The van der Waals surface area contributed by atoms with Gasteiger partial charge >= 0.3 is 5.97 Å². The van der Waals surface area contributed by atoms with Crippen molar-refractivity contribution in [2.75, 3.05) is 18.6 Å². The van der Waals surface area contributed by atoms with Gasteiger partial charge in [0.15, 0.2) is 16.6 Å². The highest BCUT2D eigenvalue weighted by Gasteiger charge is 2.25. The number of hydrogen-bond donors (Lipinski definition) is 0. The number of ether oxygens (including phenoxy) is 1. The largest absolute Gasteiger partial charge is 0.461 e. The molecule has 6 heteroatoms. The molecule has 0 fully saturated rings. The van der Waals surface area contributed by atoms with E-state index in [0.717, 1.165) is 12.8 Å². The maximum atomic E-state index is 11.9. The summed E-state index contributed by atoms with van der Waals surface area (Å²) in [6.07, 6.45) is 1.97. The second kappa shape index (κ2) is 7.38. The van der Waals surface area contributed by atoms with Crippen LogP contribution in [0.4, 0.5) is 5.13 Å². The first-order chi connectivity index (χ1) is 9.46. The van der Waals surface area contributed by atoms with Crippen LogP contribution in [0.25, 0.3) is 0 Å². The molecule has 0 spiro atoms. The molecular formula is C14H22N2O3S. The Kier molecular flexibility index (Phi) is 6.13. The molecule has 0 amide bonds. The first-order valence-electron chi connectivity index (χ1n) is 6.87. The second-order valence-corrected chi connectivity index (χ2v) is 5.51. The lowest BCUT2D eigenvalue weighted by molar-refractivity contribution is 0.0517. The maximum absolute atomic E-state index is 11.9. The van der Waals surface area contributed by atoms with E-state index < -0.39 is 5.97 Å². The molecule has 0 aromatic carbocycles. The molecule has 1 heterocycles. The first kappa shape index (κ1) is 16.6. The van der Waals surface area contributed by atoms with Gasteiger partial charge in [0.1, 0.15) is 4.88 Å². The average Bonchev–Trinajstić information content (AvgIpc) is 2.85. The molecule has 0 atom stereocenters. The fraction of sp³-hybridized carbons (Fsp3) is 0.643. The highest BCUT2D eigenvalue weighted by molar-refractivity contribution is 7.17. The van der Waals surface area contributed by atoms with Crippen molar-refractivity contribution in [2.45, 2.75) is 46.6 Å². The SMILES string of the molecule is CCOC(=O)c1nc(N(C)C(CC)CC)sc1C(C)=O. The molecule has 0 N–H and O–H groups in total. The average molecular weight is 298 g/mol. The smallest absolute Gasteiger partial charge is 0.358 e. The lowest BCUT2D eigenvalue weighted by Gasteiger charge is -2.25. The number of carbonyl (C=O) groups excluding carboxylic acids is 2. The van der Waals surface area contributed by atoms with Gasteiger partial charge < -0.3 is 9.64 Å². The van der Waals surface area contributed by atoms with E-state index in [9.17, 15) is 9.59 Å². The number of thiazole rings is 1. The van der Waals surface area contributed by atoms with Crippen LogP contribution in [-0.2, 0) is 4.74 Å². The van der Waals surface area contributed by atoms with Gasteiger partial charge in [-0.05, 0) is 19.8 Å². The molecule has 0 aliphatic heterocycles. The summed E-state index contributed by atoms with van der Waals surface area (Å²) in [5.74, 6) is -0.687. The Morgan fingerprint density at radius 3 is 2.35 bits per heavy atom. The minimum absolute atomic E-state index is 0.136. The van der Waals surface area contributed by atoms with Gasteiger partial charge in [0.25, 0.3) is 0 Å². The van der Waals surface area contributed by atoms with Gasteiger partial charge in [0.05, 0.1) is 6.61 Å². The number of nitrogens with zero attached hydrogens (tertiary/aromatic N) is 2. The zero-order chi connectivity index (χ0) is 15.3. The fourth-order valence-corrected chi connectivity index (χ4v) is 3.01. The normalized spacial score (nSPS) is 10.7. The molecule has 0 unspecified atom stereocenters. The van der Waals surface area contributed by atoms with Crippen LogP contribution in [0.15, 0.2) is 0 Å². The second-order valence-electron chi connectivity index (χ2n) is 4.53. The van der Waals surface area contributed by atoms with Crippen molar-refractivity contribution in [3.63, 3.8) is 0 Å². The molecule has 0 radical (unpaired) electrons. The van der Waals surface area contributed by atoms with Crippen molar-refractivity contribution in [3.8, 4) is 0 Å². The summed E-state index contributed by atoms with van der Waals surface area (Å²) in [6.45, 7) is 7.66. The summed E-state index contributed by atoms with van der Waals surface area (Å²) in [6, 6.07) is 0.344. The van der Waals surface area contributed by atoms with Gasteiger partial charge in [-0.25, -0.2) is 9.78 Å². The van der Waals surface area contributed by atoms with Crippen molar-refractivity contribution in [2.24, 2.45) is 0 Å². The highest BCUT2D eigenvalue weighted by Crippen LogP contribution is 2.29. The third-order valence-corrected chi connectivity index (χ3v) is 4.44. The van der Waals surface area contributed by atoms with E-state index in [4.69, 9.17) is 4.74 Å². The van der Waals surface area contributed by atoms with Gasteiger partial charge in [-0.3, -0.25) is 4.79 Å². The van der Waals surface area contributed by atoms with Crippen LogP contribution in [-0.4, -0.2) is 36.4 Å². The van der Waals surface area contributed by atoms with Crippen molar-refractivity contribution in [3.05, 3.63) is 10.6 Å². The molecule has 5 nitrogen and oxygen atoms in total. The topological polar surface area (TPSA) is 59.5 Å². The Morgan fingerprint density at radius 1 is 1.30 bits per heavy atom. The third kappa shape index (κ3) is 3.56. The van der Waals surface area contributed by atoms with Crippen LogP contribution >= 0.6 is 11.3 Å². The number of rotatable bonds is 7. The van der Waals surface area contributed by atoms with E-state index in [-0.39, 0.29) is 18.1 Å². The molecule has 0 saturated heterocycles. The molecule has 1 aromatic heterocycles. The Balaban J connectivity index is 3.15. The Morgan fingerprint density at radius 2 is 1.90 bits per heavy atom. The molecule has 1 rings (SSSR count). The summed E-state index contributed by atoms with van der Waals surface area (Å²) >= 11 is 1.25. The van der Waals surface area contributed by atoms with Crippen molar-refractivity contribution in [1.82, 2.24) is 4.98 Å². The summed E-state index contributed by atoms with van der Waals surface area (Å²) < 4.78 is 4.96. The number of Topliss-reactive ketones (excluding diaryl/α,β-unsaturated/α-hetero) is 1. The molecule has 0 aliphatic carbocycles. The van der Waals surface area contributed by atoms with E-state index in [2.05, 4.69) is 18.8 Å². The van der Waals surface area contributed by atoms with E-state index in [1.807, 2.05) is 11.9 Å². The Labute approximate surface area is 124 Å². The van der Waals surface area contributed by atoms with Gasteiger partial charge in [-0.1, -0.05) is 25.2 Å². The van der Waals surface area contributed by atoms with E-state index in [1.165, 1.54) is 18.3 Å². The predicted octanol–water partition coefficient (Wildman–Crippen LogP) is 3.15. The molecular weight excluding hydrogens is 276 g/mol. The van der Waals surface area contributed by atoms with Crippen LogP contribution < -0.4 is 4.90 Å². The number of hydrogen-bond acceptors (Lipinski definition) is 6. The summed E-state index contributed by atoms with van der Waals surface area (Å²) in [5.41, 5.74) is 0.136. The van der Waals surface area contributed by atoms with Crippen LogP contribution in [0, 0.1) is 0 Å². The predicted molar refractivity (Wildman–Crippen MR) is 80.8 cm³/mol. The van der Waals surface area contributed by atoms with E-state index in [0.29, 0.717) is 16.1 Å². The molecule has 0 saturated carbocycles. The minimum atomic E-state index is -0.529. The molecule has 0 aliphatic rings. The third-order valence-electron chi connectivity index (χ3n) is 3.20. The van der Waals surface area contributed by atoms with Crippen LogP contribution in [0.1, 0.15) is 60.7 Å². The van der Waals surface area contributed by atoms with Crippen molar-refractivity contribution >= 4 is 28.2 Å². The van der Waals surface area contributed by atoms with Crippen molar-refractivity contribution in [1.29, 1.82) is 0 Å². The molecule has 1 aromatic rings. The van der Waals surface area contributed by atoms with Gasteiger partial charge in [0, 0.05) is 20.0 Å². The van der Waals surface area contributed by atoms with E-state index >= 15 is 0 Å². The summed E-state index contributed by atoms with van der Waals surface area (Å²) in [4.78, 5) is 30.2. The lowest BCUT2D eigenvalue weighted by atomic mass is 10.1. The molecule has 112 valence electrons. The Bertz CT molecular complexity index is 481. The number of aromatic nitrogens is 1. The number of carbonyl (C=O) groups is 2.